The van der Waals surface area contributed by atoms with Gasteiger partial charge >= 0.3 is 0 Å². The van der Waals surface area contributed by atoms with E-state index in [0.29, 0.717) is 5.92 Å². The highest BCUT2D eigenvalue weighted by Crippen LogP contribution is 2.38. The first kappa shape index (κ1) is 15.0. The number of rotatable bonds is 3. The summed E-state index contributed by atoms with van der Waals surface area (Å²) in [6.07, 6.45) is 5.22. The van der Waals surface area contributed by atoms with E-state index in [-0.39, 0.29) is 11.6 Å². The van der Waals surface area contributed by atoms with Crippen LogP contribution in [0.15, 0.2) is 24.3 Å². The molecule has 1 spiro atoms. The lowest BCUT2D eigenvalue weighted by atomic mass is 9.77. The van der Waals surface area contributed by atoms with Gasteiger partial charge in [0.2, 0.25) is 0 Å². The summed E-state index contributed by atoms with van der Waals surface area (Å²) in [6.45, 7) is 4.66. The molecule has 116 valence electrons. The van der Waals surface area contributed by atoms with Crippen LogP contribution in [0.4, 0.5) is 0 Å². The Balaban J connectivity index is 1.62. The standard InChI is InChI=1S/C18H27NO2/c1-14-3-2-4-15(11-14)12-17(19)16-5-8-21-18(13-16)6-9-20-10-7-18/h2-4,11,16-17H,5-10,12-13,19H2,1H3. The minimum Gasteiger partial charge on any atom is -0.381 e. The fourth-order valence-corrected chi connectivity index (χ4v) is 3.80. The van der Waals surface area contributed by atoms with E-state index in [9.17, 15) is 0 Å². The molecule has 1 aromatic carbocycles. The third-order valence-corrected chi connectivity index (χ3v) is 5.09. The largest absolute Gasteiger partial charge is 0.381 e. The summed E-state index contributed by atoms with van der Waals surface area (Å²) in [5.41, 5.74) is 9.25. The SMILES string of the molecule is Cc1cccc(CC(N)C2CCOC3(CCOCC3)C2)c1. The Kier molecular flexibility index (Phi) is 4.63. The van der Waals surface area contributed by atoms with Crippen LogP contribution in [0.2, 0.25) is 0 Å². The first-order chi connectivity index (χ1) is 10.2. The number of benzene rings is 1. The zero-order chi connectivity index (χ0) is 14.7. The van der Waals surface area contributed by atoms with Crippen molar-refractivity contribution in [3.63, 3.8) is 0 Å². The fraction of sp³-hybridized carbons (Fsp3) is 0.667. The topological polar surface area (TPSA) is 44.5 Å². The van der Waals surface area contributed by atoms with Gasteiger partial charge in [-0.2, -0.15) is 0 Å². The molecule has 0 bridgehead atoms. The maximum Gasteiger partial charge on any atom is 0.0729 e. The Hall–Kier alpha value is -0.900. The minimum atomic E-state index is 0.0470. The lowest BCUT2D eigenvalue weighted by Gasteiger charge is -2.44. The second-order valence-electron chi connectivity index (χ2n) is 6.75. The van der Waals surface area contributed by atoms with Gasteiger partial charge < -0.3 is 15.2 Å². The van der Waals surface area contributed by atoms with E-state index < -0.39 is 0 Å². The maximum atomic E-state index is 6.53. The molecule has 2 N–H and O–H groups in total. The van der Waals surface area contributed by atoms with Crippen molar-refractivity contribution in [2.45, 2.75) is 50.7 Å². The molecule has 3 heteroatoms. The molecule has 0 saturated carbocycles. The molecule has 2 fully saturated rings. The Morgan fingerprint density at radius 3 is 2.86 bits per heavy atom. The predicted octanol–water partition coefficient (Wildman–Crippen LogP) is 2.84. The Morgan fingerprint density at radius 1 is 1.29 bits per heavy atom. The van der Waals surface area contributed by atoms with Gasteiger partial charge in [0.15, 0.2) is 0 Å². The molecule has 2 aliphatic rings. The van der Waals surface area contributed by atoms with Crippen molar-refractivity contribution in [2.24, 2.45) is 11.7 Å². The molecular weight excluding hydrogens is 262 g/mol. The molecule has 2 heterocycles. The Bertz CT molecular complexity index is 463. The zero-order valence-electron chi connectivity index (χ0n) is 13.0. The van der Waals surface area contributed by atoms with Gasteiger partial charge in [-0.3, -0.25) is 0 Å². The van der Waals surface area contributed by atoms with Crippen LogP contribution in [-0.2, 0) is 15.9 Å². The number of hydrogen-bond acceptors (Lipinski definition) is 3. The summed E-state index contributed by atoms with van der Waals surface area (Å²) in [7, 11) is 0. The van der Waals surface area contributed by atoms with Gasteiger partial charge in [-0.1, -0.05) is 29.8 Å². The molecule has 2 atom stereocenters. The quantitative estimate of drug-likeness (QED) is 0.930. The first-order valence-corrected chi connectivity index (χ1v) is 8.20. The van der Waals surface area contributed by atoms with Crippen LogP contribution in [0, 0.1) is 12.8 Å². The van der Waals surface area contributed by atoms with Crippen molar-refractivity contribution in [1.29, 1.82) is 0 Å². The number of aryl methyl sites for hydroxylation is 1. The van der Waals surface area contributed by atoms with E-state index in [1.165, 1.54) is 11.1 Å². The lowest BCUT2D eigenvalue weighted by Crippen LogP contribution is -2.48. The number of nitrogens with two attached hydrogens (primary N) is 1. The monoisotopic (exact) mass is 289 g/mol. The van der Waals surface area contributed by atoms with Crippen molar-refractivity contribution in [3.05, 3.63) is 35.4 Å². The number of ether oxygens (including phenoxy) is 2. The molecule has 0 amide bonds. The molecule has 3 nitrogen and oxygen atoms in total. The lowest BCUT2D eigenvalue weighted by molar-refractivity contribution is -0.149. The molecule has 2 saturated heterocycles. The highest BCUT2D eigenvalue weighted by Gasteiger charge is 2.40. The van der Waals surface area contributed by atoms with Crippen molar-refractivity contribution in [3.8, 4) is 0 Å². The Labute approximate surface area is 127 Å². The van der Waals surface area contributed by atoms with Crippen LogP contribution >= 0.6 is 0 Å². The van der Waals surface area contributed by atoms with Gasteiger partial charge in [-0.25, -0.2) is 0 Å². The third kappa shape index (κ3) is 3.65. The Morgan fingerprint density at radius 2 is 2.10 bits per heavy atom. The first-order valence-electron chi connectivity index (χ1n) is 8.20. The summed E-state index contributed by atoms with van der Waals surface area (Å²) in [5, 5.41) is 0. The molecule has 0 radical (unpaired) electrons. The van der Waals surface area contributed by atoms with E-state index in [2.05, 4.69) is 31.2 Å². The zero-order valence-corrected chi connectivity index (χ0v) is 13.0. The highest BCUT2D eigenvalue weighted by molar-refractivity contribution is 5.23. The molecule has 3 rings (SSSR count). The highest BCUT2D eigenvalue weighted by atomic mass is 16.5. The molecule has 0 aliphatic carbocycles. The van der Waals surface area contributed by atoms with Crippen LogP contribution < -0.4 is 5.73 Å². The van der Waals surface area contributed by atoms with Crippen LogP contribution in [0.3, 0.4) is 0 Å². The second kappa shape index (κ2) is 6.47. The van der Waals surface area contributed by atoms with Crippen LogP contribution in [0.1, 0.15) is 36.8 Å². The van der Waals surface area contributed by atoms with Crippen molar-refractivity contribution in [1.82, 2.24) is 0 Å². The van der Waals surface area contributed by atoms with Gasteiger partial charge in [0.25, 0.3) is 0 Å². The average molecular weight is 289 g/mol. The molecule has 2 unspecified atom stereocenters. The molecule has 0 aromatic heterocycles. The smallest absolute Gasteiger partial charge is 0.0729 e. The van der Waals surface area contributed by atoms with E-state index in [1.807, 2.05) is 0 Å². The van der Waals surface area contributed by atoms with Gasteiger partial charge in [0.05, 0.1) is 5.60 Å². The van der Waals surface area contributed by atoms with Crippen LogP contribution in [0.5, 0.6) is 0 Å². The van der Waals surface area contributed by atoms with Gasteiger partial charge in [-0.15, -0.1) is 0 Å². The maximum absolute atomic E-state index is 6.53. The molecule has 21 heavy (non-hydrogen) atoms. The second-order valence-corrected chi connectivity index (χ2v) is 6.75. The van der Waals surface area contributed by atoms with Gasteiger partial charge in [0.1, 0.15) is 0 Å². The van der Waals surface area contributed by atoms with Crippen molar-refractivity contribution in [2.75, 3.05) is 19.8 Å². The average Bonchev–Trinajstić information content (AvgIpc) is 2.48. The molecule has 1 aromatic rings. The van der Waals surface area contributed by atoms with Gasteiger partial charge in [-0.05, 0) is 50.5 Å². The molecular formula is C18H27NO2. The minimum absolute atomic E-state index is 0.0470. The van der Waals surface area contributed by atoms with E-state index >= 15 is 0 Å². The van der Waals surface area contributed by atoms with Crippen LogP contribution in [-0.4, -0.2) is 31.5 Å². The summed E-state index contributed by atoms with van der Waals surface area (Å²) in [5.74, 6) is 0.567. The van der Waals surface area contributed by atoms with E-state index in [1.54, 1.807) is 0 Å². The van der Waals surface area contributed by atoms with E-state index in [4.69, 9.17) is 15.2 Å². The van der Waals surface area contributed by atoms with Gasteiger partial charge in [0, 0.05) is 25.9 Å². The predicted molar refractivity (Wildman–Crippen MR) is 84.3 cm³/mol. The van der Waals surface area contributed by atoms with Crippen LogP contribution in [0.25, 0.3) is 0 Å². The summed E-state index contributed by atoms with van der Waals surface area (Å²) in [4.78, 5) is 0. The fourth-order valence-electron chi connectivity index (χ4n) is 3.80. The van der Waals surface area contributed by atoms with Crippen molar-refractivity contribution >= 4 is 0 Å². The third-order valence-electron chi connectivity index (χ3n) is 5.09. The normalized spacial score (nSPS) is 26.7. The molecule has 2 aliphatic heterocycles. The van der Waals surface area contributed by atoms with E-state index in [0.717, 1.165) is 51.9 Å². The summed E-state index contributed by atoms with van der Waals surface area (Å²) < 4.78 is 11.6. The summed E-state index contributed by atoms with van der Waals surface area (Å²) in [6, 6.07) is 8.94. The van der Waals surface area contributed by atoms with Crippen molar-refractivity contribution < 1.29 is 9.47 Å². The number of hydrogen-bond donors (Lipinski definition) is 1. The summed E-state index contributed by atoms with van der Waals surface area (Å²) >= 11 is 0.